The second kappa shape index (κ2) is 4.67. The minimum Gasteiger partial charge on any atom is -0.367 e. The molecule has 3 rings (SSSR count). The number of primary amides is 1. The van der Waals surface area contributed by atoms with Crippen LogP contribution in [-0.4, -0.2) is 13.0 Å². The van der Waals surface area contributed by atoms with Crippen LogP contribution in [0.15, 0.2) is 54.6 Å². The van der Waals surface area contributed by atoms with Crippen LogP contribution in [0.3, 0.4) is 0 Å². The van der Waals surface area contributed by atoms with E-state index in [0.29, 0.717) is 6.42 Å². The molecule has 0 saturated heterocycles. The number of rotatable bonds is 2. The number of amides is 1. The van der Waals surface area contributed by atoms with Gasteiger partial charge in [0.1, 0.15) is 5.54 Å². The maximum absolute atomic E-state index is 12.3. The first-order valence-corrected chi connectivity index (χ1v) is 6.83. The van der Waals surface area contributed by atoms with Gasteiger partial charge in [-0.05, 0) is 30.0 Å². The summed E-state index contributed by atoms with van der Waals surface area (Å²) in [5.41, 5.74) is 8.36. The molecule has 0 saturated carbocycles. The molecule has 2 aromatic rings. The van der Waals surface area contributed by atoms with Crippen LogP contribution in [0.25, 0.3) is 0 Å². The van der Waals surface area contributed by atoms with Gasteiger partial charge in [-0.1, -0.05) is 48.5 Å². The molecule has 20 heavy (non-hydrogen) atoms. The molecule has 0 spiro atoms. The average Bonchev–Trinajstić information content (AvgIpc) is 2.49. The quantitative estimate of drug-likeness (QED) is 0.907. The van der Waals surface area contributed by atoms with Crippen molar-refractivity contribution >= 4 is 11.6 Å². The second-order valence-electron chi connectivity index (χ2n) is 5.28. The molecule has 0 fully saturated rings. The molecule has 102 valence electrons. The fraction of sp³-hybridized carbons (Fsp3) is 0.235. The number of fused-ring (bicyclic) bond motifs is 1. The van der Waals surface area contributed by atoms with E-state index >= 15 is 0 Å². The standard InChI is InChI=1S/C17H18N2O/c1-19-15-10-6-5-7-13(15)11-12-17(19,16(18)20)14-8-3-2-4-9-14/h2-10H,11-12H2,1H3,(H2,18,20). The molecule has 1 unspecified atom stereocenters. The Labute approximate surface area is 119 Å². The van der Waals surface area contributed by atoms with Crippen molar-refractivity contribution in [1.82, 2.24) is 0 Å². The Kier molecular flexibility index (Phi) is 2.97. The number of anilines is 1. The molecule has 3 nitrogen and oxygen atoms in total. The van der Waals surface area contributed by atoms with E-state index in [1.165, 1.54) is 5.56 Å². The van der Waals surface area contributed by atoms with Crippen molar-refractivity contribution in [2.24, 2.45) is 5.73 Å². The Morgan fingerprint density at radius 1 is 1.10 bits per heavy atom. The number of nitrogens with zero attached hydrogens (tertiary/aromatic N) is 1. The van der Waals surface area contributed by atoms with Crippen molar-refractivity contribution in [3.05, 3.63) is 65.7 Å². The summed E-state index contributed by atoms with van der Waals surface area (Å²) < 4.78 is 0. The third kappa shape index (κ3) is 1.70. The molecule has 1 heterocycles. The van der Waals surface area contributed by atoms with Gasteiger partial charge < -0.3 is 10.6 Å². The summed E-state index contributed by atoms with van der Waals surface area (Å²) in [5.74, 6) is -0.291. The van der Waals surface area contributed by atoms with Gasteiger partial charge in [-0.3, -0.25) is 4.79 Å². The smallest absolute Gasteiger partial charge is 0.247 e. The summed E-state index contributed by atoms with van der Waals surface area (Å²) in [4.78, 5) is 14.3. The van der Waals surface area contributed by atoms with Crippen LogP contribution >= 0.6 is 0 Å². The zero-order chi connectivity index (χ0) is 14.2. The van der Waals surface area contributed by atoms with Crippen molar-refractivity contribution in [2.45, 2.75) is 18.4 Å². The molecule has 0 aromatic heterocycles. The molecule has 0 aliphatic carbocycles. The summed E-state index contributed by atoms with van der Waals surface area (Å²) in [6.07, 6.45) is 1.57. The number of hydrogen-bond acceptors (Lipinski definition) is 2. The Morgan fingerprint density at radius 3 is 2.45 bits per heavy atom. The lowest BCUT2D eigenvalue weighted by molar-refractivity contribution is -0.123. The molecule has 0 radical (unpaired) electrons. The molecular formula is C17H18N2O. The van der Waals surface area contributed by atoms with Gasteiger partial charge >= 0.3 is 0 Å². The monoisotopic (exact) mass is 266 g/mol. The number of carbonyl (C=O) groups excluding carboxylic acids is 1. The van der Waals surface area contributed by atoms with Gasteiger partial charge in [0.05, 0.1) is 0 Å². The number of aryl methyl sites for hydroxylation is 1. The van der Waals surface area contributed by atoms with Crippen molar-refractivity contribution in [1.29, 1.82) is 0 Å². The maximum Gasteiger partial charge on any atom is 0.247 e. The Bertz CT molecular complexity index is 638. The lowest BCUT2D eigenvalue weighted by atomic mass is 9.78. The first-order valence-electron chi connectivity index (χ1n) is 6.83. The topological polar surface area (TPSA) is 46.3 Å². The molecule has 3 heteroatoms. The van der Waals surface area contributed by atoms with E-state index in [4.69, 9.17) is 5.73 Å². The van der Waals surface area contributed by atoms with Gasteiger partial charge in [-0.15, -0.1) is 0 Å². The summed E-state index contributed by atoms with van der Waals surface area (Å²) in [7, 11) is 1.95. The zero-order valence-corrected chi connectivity index (χ0v) is 11.5. The van der Waals surface area contributed by atoms with Crippen LogP contribution in [0.2, 0.25) is 0 Å². The highest BCUT2D eigenvalue weighted by atomic mass is 16.1. The molecule has 1 atom stereocenters. The van der Waals surface area contributed by atoms with Crippen molar-refractivity contribution < 1.29 is 4.79 Å². The minimum atomic E-state index is -0.754. The lowest BCUT2D eigenvalue weighted by Gasteiger charge is -2.45. The predicted molar refractivity (Wildman–Crippen MR) is 80.5 cm³/mol. The van der Waals surface area contributed by atoms with Gasteiger partial charge in [0, 0.05) is 12.7 Å². The van der Waals surface area contributed by atoms with Crippen LogP contribution < -0.4 is 10.6 Å². The van der Waals surface area contributed by atoms with Gasteiger partial charge in [0.2, 0.25) is 5.91 Å². The number of carbonyl (C=O) groups is 1. The molecule has 1 aliphatic heterocycles. The van der Waals surface area contributed by atoms with Crippen LogP contribution in [0.4, 0.5) is 5.69 Å². The van der Waals surface area contributed by atoms with Crippen LogP contribution in [0.1, 0.15) is 17.5 Å². The van der Waals surface area contributed by atoms with E-state index in [-0.39, 0.29) is 5.91 Å². The van der Waals surface area contributed by atoms with E-state index in [1.54, 1.807) is 0 Å². The van der Waals surface area contributed by atoms with Crippen molar-refractivity contribution in [3.63, 3.8) is 0 Å². The number of para-hydroxylation sites is 1. The molecule has 1 amide bonds. The summed E-state index contributed by atoms with van der Waals surface area (Å²) in [6.45, 7) is 0. The largest absolute Gasteiger partial charge is 0.367 e. The highest BCUT2D eigenvalue weighted by Gasteiger charge is 2.45. The Hall–Kier alpha value is -2.29. The second-order valence-corrected chi connectivity index (χ2v) is 5.28. The molecule has 1 aliphatic rings. The van der Waals surface area contributed by atoms with Crippen LogP contribution in [-0.2, 0) is 16.8 Å². The maximum atomic E-state index is 12.3. The van der Waals surface area contributed by atoms with E-state index in [2.05, 4.69) is 12.1 Å². The van der Waals surface area contributed by atoms with E-state index < -0.39 is 5.54 Å². The third-order valence-electron chi connectivity index (χ3n) is 4.34. The number of likely N-dealkylation sites (N-methyl/N-ethyl adjacent to an activating group) is 1. The predicted octanol–water partition coefficient (Wildman–Crippen LogP) is 2.45. The number of benzene rings is 2. The first kappa shape index (κ1) is 12.7. The molecule has 2 N–H and O–H groups in total. The highest BCUT2D eigenvalue weighted by Crippen LogP contribution is 2.41. The average molecular weight is 266 g/mol. The number of hydrogen-bond donors (Lipinski definition) is 1. The lowest BCUT2D eigenvalue weighted by Crippen LogP contribution is -2.56. The zero-order valence-electron chi connectivity index (χ0n) is 11.5. The van der Waals surface area contributed by atoms with Crippen LogP contribution in [0.5, 0.6) is 0 Å². The van der Waals surface area contributed by atoms with Gasteiger partial charge in [0.25, 0.3) is 0 Å². The minimum absolute atomic E-state index is 0.291. The van der Waals surface area contributed by atoms with Crippen LogP contribution in [0, 0.1) is 0 Å². The SMILES string of the molecule is CN1c2ccccc2CCC1(C(N)=O)c1ccccc1. The normalized spacial score (nSPS) is 21.4. The fourth-order valence-corrected chi connectivity index (χ4v) is 3.22. The summed E-state index contributed by atoms with van der Waals surface area (Å²) in [5, 5.41) is 0. The van der Waals surface area contributed by atoms with E-state index in [9.17, 15) is 4.79 Å². The van der Waals surface area contributed by atoms with Gasteiger partial charge in [-0.25, -0.2) is 0 Å². The fourth-order valence-electron chi connectivity index (χ4n) is 3.22. The summed E-state index contributed by atoms with van der Waals surface area (Å²) in [6, 6.07) is 18.0. The molecule has 0 bridgehead atoms. The van der Waals surface area contributed by atoms with Crippen molar-refractivity contribution in [3.8, 4) is 0 Å². The van der Waals surface area contributed by atoms with Crippen molar-refractivity contribution in [2.75, 3.05) is 11.9 Å². The van der Waals surface area contributed by atoms with Gasteiger partial charge in [0.15, 0.2) is 0 Å². The highest BCUT2D eigenvalue weighted by molar-refractivity contribution is 5.91. The molecular weight excluding hydrogens is 248 g/mol. The number of nitrogens with two attached hydrogens (primary N) is 1. The third-order valence-corrected chi connectivity index (χ3v) is 4.34. The Morgan fingerprint density at radius 2 is 1.75 bits per heavy atom. The van der Waals surface area contributed by atoms with E-state index in [0.717, 1.165) is 17.7 Å². The first-order chi connectivity index (χ1) is 9.66. The Balaban J connectivity index is 2.17. The molecule has 2 aromatic carbocycles. The summed E-state index contributed by atoms with van der Waals surface area (Å²) >= 11 is 0. The van der Waals surface area contributed by atoms with E-state index in [1.807, 2.05) is 54.4 Å². The van der Waals surface area contributed by atoms with Gasteiger partial charge in [-0.2, -0.15) is 0 Å².